The molecule has 32 heavy (non-hydrogen) atoms. The third kappa shape index (κ3) is 4.57. The summed E-state index contributed by atoms with van der Waals surface area (Å²) in [6.07, 6.45) is 6.46. The Hall–Kier alpha value is -3.07. The number of nitrogens with zero attached hydrogens (tertiary/aromatic N) is 4. The van der Waals surface area contributed by atoms with E-state index in [4.69, 9.17) is 4.74 Å². The van der Waals surface area contributed by atoms with E-state index < -0.39 is 0 Å². The molecule has 4 rings (SSSR count). The van der Waals surface area contributed by atoms with Crippen LogP contribution in [0, 0.1) is 20.8 Å². The zero-order valence-corrected chi connectivity index (χ0v) is 19.6. The lowest BCUT2D eigenvalue weighted by molar-refractivity contribution is 0.0954. The molecular weight excluding hydrogens is 426 g/mol. The minimum absolute atomic E-state index is 0.221. The molecule has 3 heterocycles. The highest BCUT2D eigenvalue weighted by atomic mass is 32.1. The van der Waals surface area contributed by atoms with E-state index >= 15 is 0 Å². The molecule has 0 radical (unpaired) electrons. The fourth-order valence-electron chi connectivity index (χ4n) is 3.88. The number of thiazole rings is 1. The number of ether oxygens (including phenoxy) is 1. The maximum Gasteiger partial charge on any atom is 0.277 e. The Kier molecular flexibility index (Phi) is 6.36. The van der Waals surface area contributed by atoms with Crippen LogP contribution in [-0.2, 0) is 13.6 Å². The van der Waals surface area contributed by atoms with Crippen molar-refractivity contribution in [2.75, 3.05) is 0 Å². The van der Waals surface area contributed by atoms with Gasteiger partial charge in [0, 0.05) is 25.9 Å². The fourth-order valence-corrected chi connectivity index (χ4v) is 4.96. The predicted octanol–water partition coefficient (Wildman–Crippen LogP) is 3.48. The number of carbonyl (C=O) groups is 1. The molecule has 1 aliphatic carbocycles. The van der Waals surface area contributed by atoms with Gasteiger partial charge in [0.25, 0.3) is 11.5 Å². The molecule has 0 atom stereocenters. The van der Waals surface area contributed by atoms with E-state index in [9.17, 15) is 9.59 Å². The number of hydrogen-bond acceptors (Lipinski definition) is 7. The fraction of sp³-hybridized carbons (Fsp3) is 0.435. The van der Waals surface area contributed by atoms with Gasteiger partial charge in [-0.2, -0.15) is 5.10 Å². The standard InChI is InChI=1S/C23H27N5O3S/c1-13-14(2)27-28(4)23(30)19(13)22-26-15(3)20(32-22)21(29)25-12-16-9-10-24-18(11-16)31-17-7-5-6-8-17/h9-11,17H,5-8,12H2,1-4H3,(H,25,29). The van der Waals surface area contributed by atoms with Crippen LogP contribution < -0.4 is 15.6 Å². The largest absolute Gasteiger partial charge is 0.474 e. The summed E-state index contributed by atoms with van der Waals surface area (Å²) < 4.78 is 7.26. The Balaban J connectivity index is 1.49. The summed E-state index contributed by atoms with van der Waals surface area (Å²) >= 11 is 1.22. The van der Waals surface area contributed by atoms with Gasteiger partial charge >= 0.3 is 0 Å². The van der Waals surface area contributed by atoms with Crippen LogP contribution in [0.25, 0.3) is 10.6 Å². The first kappa shape index (κ1) is 22.1. The Morgan fingerprint density at radius 1 is 1.25 bits per heavy atom. The minimum atomic E-state index is -0.222. The number of pyridine rings is 1. The third-order valence-electron chi connectivity index (χ3n) is 5.78. The normalized spacial score (nSPS) is 14.0. The van der Waals surface area contributed by atoms with E-state index in [-0.39, 0.29) is 17.6 Å². The second-order valence-corrected chi connectivity index (χ2v) is 9.16. The zero-order valence-electron chi connectivity index (χ0n) is 18.8. The molecule has 0 aromatic carbocycles. The quantitative estimate of drug-likeness (QED) is 0.614. The molecule has 1 saturated carbocycles. The summed E-state index contributed by atoms with van der Waals surface area (Å²) in [6.45, 7) is 5.84. The number of rotatable bonds is 6. The van der Waals surface area contributed by atoms with Gasteiger partial charge in [0.05, 0.1) is 17.0 Å². The minimum Gasteiger partial charge on any atom is -0.474 e. The number of aromatic nitrogens is 4. The van der Waals surface area contributed by atoms with Crippen LogP contribution in [0.5, 0.6) is 5.88 Å². The molecular formula is C23H27N5O3S. The average molecular weight is 454 g/mol. The third-order valence-corrected chi connectivity index (χ3v) is 6.96. The summed E-state index contributed by atoms with van der Waals surface area (Å²) in [4.78, 5) is 34.8. The number of hydrogen-bond donors (Lipinski definition) is 1. The van der Waals surface area contributed by atoms with Crippen LogP contribution in [0.3, 0.4) is 0 Å². The van der Waals surface area contributed by atoms with Crippen molar-refractivity contribution in [1.29, 1.82) is 0 Å². The van der Waals surface area contributed by atoms with Crippen LogP contribution in [0.4, 0.5) is 0 Å². The summed E-state index contributed by atoms with van der Waals surface area (Å²) in [7, 11) is 1.62. The second kappa shape index (κ2) is 9.20. The monoisotopic (exact) mass is 453 g/mol. The maximum absolute atomic E-state index is 12.9. The average Bonchev–Trinajstić information content (AvgIpc) is 3.41. The molecule has 3 aromatic heterocycles. The van der Waals surface area contributed by atoms with Crippen molar-refractivity contribution in [2.24, 2.45) is 7.05 Å². The Labute approximate surface area is 190 Å². The Morgan fingerprint density at radius 3 is 2.75 bits per heavy atom. The number of carbonyl (C=O) groups excluding carboxylic acids is 1. The molecule has 9 heteroatoms. The van der Waals surface area contributed by atoms with Crippen LogP contribution >= 0.6 is 11.3 Å². The molecule has 1 amide bonds. The summed E-state index contributed by atoms with van der Waals surface area (Å²) in [5.41, 5.74) is 3.32. The Bertz CT molecular complexity index is 1210. The molecule has 168 valence electrons. The summed E-state index contributed by atoms with van der Waals surface area (Å²) in [6, 6.07) is 3.73. The molecule has 1 N–H and O–H groups in total. The van der Waals surface area contributed by atoms with Crippen molar-refractivity contribution in [3.05, 3.63) is 56.1 Å². The van der Waals surface area contributed by atoms with E-state index in [2.05, 4.69) is 20.4 Å². The molecule has 0 aliphatic heterocycles. The van der Waals surface area contributed by atoms with Gasteiger partial charge in [-0.15, -0.1) is 11.3 Å². The van der Waals surface area contributed by atoms with Crippen LogP contribution in [0.1, 0.15) is 57.9 Å². The zero-order chi connectivity index (χ0) is 22.8. The van der Waals surface area contributed by atoms with Gasteiger partial charge < -0.3 is 10.1 Å². The summed E-state index contributed by atoms with van der Waals surface area (Å²) in [5, 5.41) is 7.69. The van der Waals surface area contributed by atoms with Gasteiger partial charge in [0.1, 0.15) is 16.0 Å². The van der Waals surface area contributed by atoms with Crippen molar-refractivity contribution in [2.45, 2.75) is 59.1 Å². The van der Waals surface area contributed by atoms with Crippen molar-refractivity contribution in [1.82, 2.24) is 25.1 Å². The highest BCUT2D eigenvalue weighted by Crippen LogP contribution is 2.29. The number of aryl methyl sites for hydroxylation is 3. The molecule has 8 nitrogen and oxygen atoms in total. The van der Waals surface area contributed by atoms with Crippen LogP contribution in [-0.4, -0.2) is 31.8 Å². The number of nitrogens with one attached hydrogen (secondary N) is 1. The highest BCUT2D eigenvalue weighted by molar-refractivity contribution is 7.17. The lowest BCUT2D eigenvalue weighted by atomic mass is 10.1. The molecule has 0 bridgehead atoms. The second-order valence-electron chi connectivity index (χ2n) is 8.16. The topological polar surface area (TPSA) is 99.0 Å². The van der Waals surface area contributed by atoms with E-state index in [0.717, 1.165) is 29.7 Å². The Morgan fingerprint density at radius 2 is 2.00 bits per heavy atom. The molecule has 0 spiro atoms. The first-order chi connectivity index (χ1) is 15.3. The molecule has 3 aromatic rings. The van der Waals surface area contributed by atoms with Gasteiger partial charge in [-0.1, -0.05) is 0 Å². The van der Waals surface area contributed by atoms with Crippen LogP contribution in [0.2, 0.25) is 0 Å². The van der Waals surface area contributed by atoms with Crippen molar-refractivity contribution >= 4 is 17.2 Å². The number of amides is 1. The molecule has 1 aliphatic rings. The first-order valence-electron chi connectivity index (χ1n) is 10.8. The lowest BCUT2D eigenvalue weighted by Crippen LogP contribution is -2.23. The smallest absolute Gasteiger partial charge is 0.277 e. The van der Waals surface area contributed by atoms with Gasteiger partial charge in [-0.3, -0.25) is 9.59 Å². The van der Waals surface area contributed by atoms with Crippen LogP contribution in [0.15, 0.2) is 23.1 Å². The van der Waals surface area contributed by atoms with E-state index in [1.807, 2.05) is 26.0 Å². The highest BCUT2D eigenvalue weighted by Gasteiger charge is 2.21. The van der Waals surface area contributed by atoms with E-state index in [1.165, 1.54) is 28.9 Å². The van der Waals surface area contributed by atoms with Crippen molar-refractivity contribution in [3.8, 4) is 16.5 Å². The first-order valence-corrected chi connectivity index (χ1v) is 11.6. The SMILES string of the molecule is Cc1nc(-c2c(C)c(C)nn(C)c2=O)sc1C(=O)NCc1ccnc(OC2CCCC2)c1. The maximum atomic E-state index is 12.9. The van der Waals surface area contributed by atoms with Gasteiger partial charge in [0.2, 0.25) is 5.88 Å². The lowest BCUT2D eigenvalue weighted by Gasteiger charge is -2.12. The van der Waals surface area contributed by atoms with Gasteiger partial charge in [-0.25, -0.2) is 14.6 Å². The molecule has 0 saturated heterocycles. The molecule has 1 fully saturated rings. The summed E-state index contributed by atoms with van der Waals surface area (Å²) in [5.74, 6) is 0.376. The van der Waals surface area contributed by atoms with Gasteiger partial charge in [-0.05, 0) is 63.6 Å². The predicted molar refractivity (Wildman–Crippen MR) is 123 cm³/mol. The van der Waals surface area contributed by atoms with Crippen molar-refractivity contribution < 1.29 is 9.53 Å². The molecule has 0 unspecified atom stereocenters. The van der Waals surface area contributed by atoms with E-state index in [1.54, 1.807) is 20.2 Å². The van der Waals surface area contributed by atoms with E-state index in [0.29, 0.717) is 33.6 Å². The van der Waals surface area contributed by atoms with Gasteiger partial charge in [0.15, 0.2) is 0 Å². The van der Waals surface area contributed by atoms with Crippen molar-refractivity contribution in [3.63, 3.8) is 0 Å².